The number of nitrogens with zero attached hydrogens (tertiary/aromatic N) is 2. The lowest BCUT2D eigenvalue weighted by Crippen LogP contribution is -2.31. The van der Waals surface area contributed by atoms with E-state index in [1.165, 1.54) is 31.4 Å². The molecule has 0 spiro atoms. The van der Waals surface area contributed by atoms with Gasteiger partial charge in [0, 0.05) is 18.2 Å². The first-order valence-electron chi connectivity index (χ1n) is 8.04. The van der Waals surface area contributed by atoms with Crippen LogP contribution in [0.5, 0.6) is 0 Å². The van der Waals surface area contributed by atoms with Crippen LogP contribution in [-0.4, -0.2) is 22.5 Å². The number of halogens is 1. The molecule has 1 heterocycles. The van der Waals surface area contributed by atoms with Crippen molar-refractivity contribution in [3.05, 3.63) is 42.0 Å². The van der Waals surface area contributed by atoms with Gasteiger partial charge in [0.25, 0.3) is 0 Å². The van der Waals surface area contributed by atoms with Gasteiger partial charge in [0.15, 0.2) is 0 Å². The van der Waals surface area contributed by atoms with Gasteiger partial charge in [0.1, 0.15) is 12.1 Å². The van der Waals surface area contributed by atoms with E-state index in [0.29, 0.717) is 11.9 Å². The minimum Gasteiger partial charge on any atom is -0.444 e. The van der Waals surface area contributed by atoms with Gasteiger partial charge in [0.2, 0.25) is 5.89 Å². The predicted molar refractivity (Wildman–Crippen MR) is 87.0 cm³/mol. The third-order valence-corrected chi connectivity index (χ3v) is 3.79. The maximum atomic E-state index is 13.0. The molecule has 0 saturated carbocycles. The number of hydrogen-bond donors (Lipinski definition) is 0. The normalized spacial score (nSPS) is 11.5. The lowest BCUT2D eigenvalue weighted by Gasteiger charge is -2.25. The van der Waals surface area contributed by atoms with E-state index in [2.05, 4.69) is 30.7 Å². The van der Waals surface area contributed by atoms with E-state index in [-0.39, 0.29) is 5.82 Å². The summed E-state index contributed by atoms with van der Waals surface area (Å²) in [6.45, 7) is 8.47. The zero-order valence-corrected chi connectivity index (χ0v) is 13.7. The number of hydrogen-bond acceptors (Lipinski definition) is 3. The summed E-state index contributed by atoms with van der Waals surface area (Å²) in [7, 11) is 0. The SMILES string of the molecule is CCCCCN(Cc1coc(-c2ccc(F)cc2)n1)C(C)C. The van der Waals surface area contributed by atoms with Gasteiger partial charge in [-0.15, -0.1) is 0 Å². The van der Waals surface area contributed by atoms with Gasteiger partial charge in [0.05, 0.1) is 5.69 Å². The molecule has 0 radical (unpaired) electrons. The highest BCUT2D eigenvalue weighted by Crippen LogP contribution is 2.20. The summed E-state index contributed by atoms with van der Waals surface area (Å²) in [6.07, 6.45) is 5.39. The summed E-state index contributed by atoms with van der Waals surface area (Å²) in [5, 5.41) is 0. The molecule has 22 heavy (non-hydrogen) atoms. The van der Waals surface area contributed by atoms with Crippen molar-refractivity contribution in [3.8, 4) is 11.5 Å². The van der Waals surface area contributed by atoms with E-state index < -0.39 is 0 Å². The van der Waals surface area contributed by atoms with Crippen LogP contribution in [0.3, 0.4) is 0 Å². The molecule has 0 bridgehead atoms. The van der Waals surface area contributed by atoms with Gasteiger partial charge >= 0.3 is 0 Å². The van der Waals surface area contributed by atoms with Crippen LogP contribution in [0.1, 0.15) is 45.7 Å². The minimum absolute atomic E-state index is 0.252. The Morgan fingerprint density at radius 1 is 1.18 bits per heavy atom. The van der Waals surface area contributed by atoms with Crippen LogP contribution in [0.2, 0.25) is 0 Å². The summed E-state index contributed by atoms with van der Waals surface area (Å²) < 4.78 is 18.5. The Hall–Kier alpha value is -1.68. The largest absolute Gasteiger partial charge is 0.444 e. The molecule has 0 fully saturated rings. The van der Waals surface area contributed by atoms with Crippen molar-refractivity contribution in [1.82, 2.24) is 9.88 Å². The van der Waals surface area contributed by atoms with E-state index in [1.807, 2.05) is 0 Å². The highest BCUT2D eigenvalue weighted by atomic mass is 19.1. The fraction of sp³-hybridized carbons (Fsp3) is 0.500. The van der Waals surface area contributed by atoms with Gasteiger partial charge in [-0.1, -0.05) is 19.8 Å². The van der Waals surface area contributed by atoms with Gasteiger partial charge in [-0.2, -0.15) is 0 Å². The first-order chi connectivity index (χ1) is 10.6. The van der Waals surface area contributed by atoms with E-state index in [4.69, 9.17) is 4.42 Å². The number of oxazole rings is 1. The molecule has 2 rings (SSSR count). The number of unbranched alkanes of at least 4 members (excludes halogenated alkanes) is 2. The van der Waals surface area contributed by atoms with Crippen LogP contribution in [-0.2, 0) is 6.54 Å². The molecule has 0 unspecified atom stereocenters. The molecule has 4 heteroatoms. The second-order valence-electron chi connectivity index (χ2n) is 5.92. The van der Waals surface area contributed by atoms with Gasteiger partial charge < -0.3 is 4.42 Å². The van der Waals surface area contributed by atoms with Crippen molar-refractivity contribution in [2.75, 3.05) is 6.54 Å². The number of aromatic nitrogens is 1. The molecule has 1 aromatic heterocycles. The van der Waals surface area contributed by atoms with E-state index in [1.54, 1.807) is 18.4 Å². The van der Waals surface area contributed by atoms with Crippen LogP contribution in [0.4, 0.5) is 4.39 Å². The highest BCUT2D eigenvalue weighted by molar-refractivity contribution is 5.52. The maximum absolute atomic E-state index is 13.0. The van der Waals surface area contributed by atoms with Crippen LogP contribution in [0.15, 0.2) is 34.9 Å². The molecule has 0 aliphatic rings. The van der Waals surface area contributed by atoms with Crippen molar-refractivity contribution < 1.29 is 8.81 Å². The van der Waals surface area contributed by atoms with Gasteiger partial charge in [-0.05, 0) is 51.1 Å². The standard InChI is InChI=1S/C18H25FN2O/c1-4-5-6-11-21(14(2)3)12-17-13-22-18(20-17)15-7-9-16(19)10-8-15/h7-10,13-14H,4-6,11-12H2,1-3H3. The highest BCUT2D eigenvalue weighted by Gasteiger charge is 2.13. The third-order valence-electron chi connectivity index (χ3n) is 3.79. The number of rotatable bonds is 8. The summed E-state index contributed by atoms with van der Waals surface area (Å²) >= 11 is 0. The first-order valence-corrected chi connectivity index (χ1v) is 8.04. The fourth-order valence-corrected chi connectivity index (χ4v) is 2.40. The van der Waals surface area contributed by atoms with Crippen LogP contribution < -0.4 is 0 Å². The lowest BCUT2D eigenvalue weighted by molar-refractivity contribution is 0.206. The molecule has 0 saturated heterocycles. The van der Waals surface area contributed by atoms with E-state index >= 15 is 0 Å². The second kappa shape index (κ2) is 8.08. The maximum Gasteiger partial charge on any atom is 0.226 e. The molecule has 2 aromatic rings. The predicted octanol–water partition coefficient (Wildman–Crippen LogP) is 4.88. The Morgan fingerprint density at radius 3 is 2.55 bits per heavy atom. The number of benzene rings is 1. The van der Waals surface area contributed by atoms with Crippen molar-refractivity contribution in [1.29, 1.82) is 0 Å². The Kier molecular flexibility index (Phi) is 6.13. The lowest BCUT2D eigenvalue weighted by atomic mass is 10.2. The smallest absolute Gasteiger partial charge is 0.226 e. The molecule has 0 atom stereocenters. The Balaban J connectivity index is 2.01. The average molecular weight is 304 g/mol. The summed E-state index contributed by atoms with van der Waals surface area (Å²) in [6, 6.07) is 6.69. The second-order valence-corrected chi connectivity index (χ2v) is 5.92. The zero-order chi connectivity index (χ0) is 15.9. The topological polar surface area (TPSA) is 29.3 Å². The van der Waals surface area contributed by atoms with Crippen molar-refractivity contribution in [2.24, 2.45) is 0 Å². The minimum atomic E-state index is -0.252. The Morgan fingerprint density at radius 2 is 1.91 bits per heavy atom. The van der Waals surface area contributed by atoms with Crippen LogP contribution in [0, 0.1) is 5.82 Å². The molecule has 0 aliphatic heterocycles. The first kappa shape index (κ1) is 16.7. The van der Waals surface area contributed by atoms with E-state index in [0.717, 1.165) is 24.3 Å². The summed E-state index contributed by atoms with van der Waals surface area (Å²) in [5.74, 6) is 0.296. The van der Waals surface area contributed by atoms with Crippen molar-refractivity contribution in [2.45, 2.75) is 52.6 Å². The molecule has 1 aromatic carbocycles. The molecule has 0 N–H and O–H groups in total. The zero-order valence-electron chi connectivity index (χ0n) is 13.7. The van der Waals surface area contributed by atoms with E-state index in [9.17, 15) is 4.39 Å². The third kappa shape index (κ3) is 4.67. The van der Waals surface area contributed by atoms with Crippen molar-refractivity contribution in [3.63, 3.8) is 0 Å². The van der Waals surface area contributed by atoms with Crippen LogP contribution >= 0.6 is 0 Å². The van der Waals surface area contributed by atoms with Gasteiger partial charge in [-0.3, -0.25) is 4.90 Å². The average Bonchev–Trinajstić information content (AvgIpc) is 2.95. The molecule has 3 nitrogen and oxygen atoms in total. The fourth-order valence-electron chi connectivity index (χ4n) is 2.40. The van der Waals surface area contributed by atoms with Gasteiger partial charge in [-0.25, -0.2) is 9.37 Å². The Bertz CT molecular complexity index is 563. The Labute approximate surface area is 132 Å². The van der Waals surface area contributed by atoms with Crippen molar-refractivity contribution >= 4 is 0 Å². The summed E-state index contributed by atoms with van der Waals surface area (Å²) in [4.78, 5) is 6.93. The van der Waals surface area contributed by atoms with Crippen LogP contribution in [0.25, 0.3) is 11.5 Å². The molecular weight excluding hydrogens is 279 g/mol. The molecular formula is C18H25FN2O. The molecule has 0 amide bonds. The molecule has 120 valence electrons. The molecule has 0 aliphatic carbocycles. The monoisotopic (exact) mass is 304 g/mol. The quantitative estimate of drug-likeness (QED) is 0.651. The summed E-state index contributed by atoms with van der Waals surface area (Å²) in [5.41, 5.74) is 1.72.